The van der Waals surface area contributed by atoms with E-state index < -0.39 is 0 Å². The van der Waals surface area contributed by atoms with E-state index >= 15 is 0 Å². The summed E-state index contributed by atoms with van der Waals surface area (Å²) in [6, 6.07) is 8.84. The summed E-state index contributed by atoms with van der Waals surface area (Å²) in [6.07, 6.45) is 3.72. The molecule has 112 valence electrons. The summed E-state index contributed by atoms with van der Waals surface area (Å²) in [4.78, 5) is 6.48. The molecule has 1 unspecified atom stereocenters. The molecule has 1 aromatic heterocycles. The van der Waals surface area contributed by atoms with Crippen molar-refractivity contribution in [2.45, 2.75) is 33.4 Å². The molecule has 1 atom stereocenters. The molecule has 2 aromatic rings. The first-order chi connectivity index (χ1) is 10.0. The van der Waals surface area contributed by atoms with Gasteiger partial charge in [0, 0.05) is 31.5 Å². The highest BCUT2D eigenvalue weighted by Crippen LogP contribution is 2.26. The lowest BCUT2D eigenvalue weighted by Crippen LogP contribution is -2.30. The molecule has 0 aliphatic carbocycles. The number of nitrogens with two attached hydrogens (primary N) is 1. The fraction of sp³-hybridized carbons (Fsp3) is 0.389. The van der Waals surface area contributed by atoms with E-state index in [1.807, 2.05) is 12.3 Å². The zero-order valence-corrected chi connectivity index (χ0v) is 13.4. The van der Waals surface area contributed by atoms with Gasteiger partial charge in [-0.05, 0) is 61.7 Å². The summed E-state index contributed by atoms with van der Waals surface area (Å²) in [7, 11) is 2.12. The molecule has 0 radical (unpaired) electrons. The van der Waals surface area contributed by atoms with Crippen LogP contribution < -0.4 is 5.73 Å². The molecule has 1 heterocycles. The zero-order chi connectivity index (χ0) is 15.4. The molecule has 0 aliphatic rings. The van der Waals surface area contributed by atoms with E-state index in [2.05, 4.69) is 55.9 Å². The maximum Gasteiger partial charge on any atom is 0.0473 e. The Bertz CT molecular complexity index is 593. The molecule has 2 rings (SSSR count). The van der Waals surface area contributed by atoms with Crippen molar-refractivity contribution >= 4 is 0 Å². The van der Waals surface area contributed by atoms with Crippen molar-refractivity contribution in [1.29, 1.82) is 0 Å². The monoisotopic (exact) mass is 283 g/mol. The van der Waals surface area contributed by atoms with Gasteiger partial charge in [-0.15, -0.1) is 0 Å². The Hall–Kier alpha value is -1.71. The van der Waals surface area contributed by atoms with Crippen molar-refractivity contribution < 1.29 is 0 Å². The lowest BCUT2D eigenvalue weighted by molar-refractivity contribution is 0.241. The van der Waals surface area contributed by atoms with E-state index in [4.69, 9.17) is 5.73 Å². The summed E-state index contributed by atoms with van der Waals surface area (Å²) in [5.74, 6) is 0. The number of aryl methyl sites for hydroxylation is 3. The van der Waals surface area contributed by atoms with Crippen molar-refractivity contribution in [3.05, 3.63) is 64.5 Å². The number of hydrogen-bond donors (Lipinski definition) is 1. The van der Waals surface area contributed by atoms with Crippen LogP contribution in [0.15, 0.2) is 36.7 Å². The minimum Gasteiger partial charge on any atom is -0.329 e. The third-order valence-electron chi connectivity index (χ3n) is 4.15. The Labute approximate surface area is 127 Å². The van der Waals surface area contributed by atoms with Crippen molar-refractivity contribution in [2.24, 2.45) is 5.73 Å². The summed E-state index contributed by atoms with van der Waals surface area (Å²) >= 11 is 0. The minimum atomic E-state index is 0.226. The van der Waals surface area contributed by atoms with Gasteiger partial charge in [0.05, 0.1) is 0 Å². The highest BCUT2D eigenvalue weighted by molar-refractivity contribution is 5.38. The van der Waals surface area contributed by atoms with Gasteiger partial charge in [-0.2, -0.15) is 0 Å². The van der Waals surface area contributed by atoms with Gasteiger partial charge in [-0.1, -0.05) is 18.2 Å². The number of benzene rings is 1. The Kier molecular flexibility index (Phi) is 5.10. The van der Waals surface area contributed by atoms with Gasteiger partial charge in [0.2, 0.25) is 0 Å². The predicted molar refractivity (Wildman–Crippen MR) is 88.2 cm³/mol. The quantitative estimate of drug-likeness (QED) is 0.916. The molecule has 3 heteroatoms. The van der Waals surface area contributed by atoms with Crippen molar-refractivity contribution in [3.63, 3.8) is 0 Å². The van der Waals surface area contributed by atoms with E-state index in [1.54, 1.807) is 6.20 Å². The average molecular weight is 283 g/mol. The Morgan fingerprint density at radius 2 is 1.86 bits per heavy atom. The van der Waals surface area contributed by atoms with Gasteiger partial charge in [-0.3, -0.25) is 9.88 Å². The molecule has 0 bridgehead atoms. The highest BCUT2D eigenvalue weighted by Gasteiger charge is 2.18. The van der Waals surface area contributed by atoms with Crippen molar-refractivity contribution in [1.82, 2.24) is 9.88 Å². The third-order valence-corrected chi connectivity index (χ3v) is 4.15. The fourth-order valence-electron chi connectivity index (χ4n) is 2.78. The Morgan fingerprint density at radius 3 is 2.48 bits per heavy atom. The molecule has 0 amide bonds. The number of hydrogen-bond acceptors (Lipinski definition) is 3. The molecule has 0 spiro atoms. The van der Waals surface area contributed by atoms with Gasteiger partial charge in [0.15, 0.2) is 0 Å². The van der Waals surface area contributed by atoms with Gasteiger partial charge in [0.1, 0.15) is 0 Å². The molecule has 2 N–H and O–H groups in total. The molecule has 21 heavy (non-hydrogen) atoms. The molecule has 1 aromatic carbocycles. The maximum atomic E-state index is 6.06. The van der Waals surface area contributed by atoms with E-state index in [-0.39, 0.29) is 6.04 Å². The number of likely N-dealkylation sites (N-methyl/N-ethyl adjacent to an activating group) is 1. The average Bonchev–Trinajstić information content (AvgIpc) is 2.46. The smallest absolute Gasteiger partial charge is 0.0473 e. The molecule has 3 nitrogen and oxygen atoms in total. The largest absolute Gasteiger partial charge is 0.329 e. The second-order valence-corrected chi connectivity index (χ2v) is 5.82. The Balaban J connectivity index is 2.25. The highest BCUT2D eigenvalue weighted by atomic mass is 15.1. The summed E-state index contributed by atoms with van der Waals surface area (Å²) < 4.78 is 0. The third kappa shape index (κ3) is 3.69. The lowest BCUT2D eigenvalue weighted by Gasteiger charge is -2.29. The van der Waals surface area contributed by atoms with Gasteiger partial charge >= 0.3 is 0 Å². The van der Waals surface area contributed by atoms with Crippen LogP contribution in [0.5, 0.6) is 0 Å². The molecular formula is C18H25N3. The minimum absolute atomic E-state index is 0.226. The number of nitrogens with zero attached hydrogens (tertiary/aromatic N) is 2. The molecule has 0 fully saturated rings. The van der Waals surface area contributed by atoms with E-state index in [0.717, 1.165) is 6.54 Å². The number of pyridine rings is 1. The van der Waals surface area contributed by atoms with Crippen LogP contribution in [0.4, 0.5) is 0 Å². The zero-order valence-electron chi connectivity index (χ0n) is 13.4. The van der Waals surface area contributed by atoms with Crippen LogP contribution in [0.1, 0.15) is 33.9 Å². The van der Waals surface area contributed by atoms with Crippen LogP contribution in [-0.2, 0) is 6.54 Å². The number of aromatic nitrogens is 1. The second kappa shape index (κ2) is 6.83. The summed E-state index contributed by atoms with van der Waals surface area (Å²) in [5, 5.41) is 0. The van der Waals surface area contributed by atoms with E-state index in [0.29, 0.717) is 6.54 Å². The van der Waals surface area contributed by atoms with Crippen molar-refractivity contribution in [2.75, 3.05) is 13.6 Å². The maximum absolute atomic E-state index is 6.06. The van der Waals surface area contributed by atoms with Crippen LogP contribution in [-0.4, -0.2) is 23.5 Å². The van der Waals surface area contributed by atoms with Gasteiger partial charge in [-0.25, -0.2) is 0 Å². The second-order valence-electron chi connectivity index (χ2n) is 5.82. The summed E-state index contributed by atoms with van der Waals surface area (Å²) in [6.45, 7) is 7.94. The van der Waals surface area contributed by atoms with Crippen molar-refractivity contribution in [3.8, 4) is 0 Å². The lowest BCUT2D eigenvalue weighted by atomic mass is 9.95. The van der Waals surface area contributed by atoms with Crippen LogP contribution in [0.25, 0.3) is 0 Å². The molecule has 0 saturated heterocycles. The SMILES string of the molecule is Cc1cc(C)c(C(CN)N(C)Cc2cccnc2)cc1C. The van der Waals surface area contributed by atoms with E-state index in [9.17, 15) is 0 Å². The standard InChI is InChI=1S/C18H25N3/c1-13-8-15(3)17(9-14(13)2)18(10-19)21(4)12-16-6-5-7-20-11-16/h5-9,11,18H,10,12,19H2,1-4H3. The van der Waals surface area contributed by atoms with Crippen LogP contribution in [0, 0.1) is 20.8 Å². The summed E-state index contributed by atoms with van der Waals surface area (Å²) in [5.41, 5.74) is 12.6. The first kappa shape index (κ1) is 15.7. The fourth-order valence-corrected chi connectivity index (χ4v) is 2.78. The molecule has 0 saturated carbocycles. The first-order valence-corrected chi connectivity index (χ1v) is 7.40. The van der Waals surface area contributed by atoms with E-state index in [1.165, 1.54) is 27.8 Å². The van der Waals surface area contributed by atoms with Crippen LogP contribution in [0.2, 0.25) is 0 Å². The van der Waals surface area contributed by atoms with Crippen LogP contribution >= 0.6 is 0 Å². The predicted octanol–water partition coefficient (Wildman–Crippen LogP) is 3.14. The van der Waals surface area contributed by atoms with Crippen LogP contribution in [0.3, 0.4) is 0 Å². The topological polar surface area (TPSA) is 42.1 Å². The van der Waals surface area contributed by atoms with Gasteiger partial charge < -0.3 is 5.73 Å². The van der Waals surface area contributed by atoms with Gasteiger partial charge in [0.25, 0.3) is 0 Å². The normalized spacial score (nSPS) is 12.7. The molecular weight excluding hydrogens is 258 g/mol. The Morgan fingerprint density at radius 1 is 1.14 bits per heavy atom. The molecule has 0 aliphatic heterocycles. The first-order valence-electron chi connectivity index (χ1n) is 7.40. The number of rotatable bonds is 5.